The highest BCUT2D eigenvalue weighted by molar-refractivity contribution is 5.74. The molecule has 0 saturated carbocycles. The Labute approximate surface area is 72.4 Å². The zero-order valence-corrected chi connectivity index (χ0v) is 7.74. The highest BCUT2D eigenvalue weighted by atomic mass is 16.6. The van der Waals surface area contributed by atoms with E-state index in [1.54, 1.807) is 0 Å². The summed E-state index contributed by atoms with van der Waals surface area (Å²) in [7, 11) is 3.35. The summed E-state index contributed by atoms with van der Waals surface area (Å²) in [5.74, 6) is -0.284. The predicted molar refractivity (Wildman–Crippen MR) is 43.8 cm³/mol. The van der Waals surface area contributed by atoms with Crippen LogP contribution in [-0.2, 0) is 14.3 Å². The highest BCUT2D eigenvalue weighted by Gasteiger charge is 2.28. The molecule has 0 spiro atoms. The molecule has 0 amide bonds. The van der Waals surface area contributed by atoms with E-state index in [2.05, 4.69) is 9.64 Å². The summed E-state index contributed by atoms with van der Waals surface area (Å²) >= 11 is 0. The van der Waals surface area contributed by atoms with Crippen LogP contribution in [0.1, 0.15) is 6.92 Å². The normalized spacial score (nSPS) is 31.6. The number of hydrogen-bond acceptors (Lipinski definition) is 4. The van der Waals surface area contributed by atoms with Crippen LogP contribution < -0.4 is 0 Å². The highest BCUT2D eigenvalue weighted by Crippen LogP contribution is 2.09. The molecule has 1 heterocycles. The molecule has 2 atom stereocenters. The van der Waals surface area contributed by atoms with Crippen LogP contribution in [0.3, 0.4) is 0 Å². The number of hydrogen-bond donors (Lipinski definition) is 0. The van der Waals surface area contributed by atoms with Crippen molar-refractivity contribution < 1.29 is 14.3 Å². The van der Waals surface area contributed by atoms with Gasteiger partial charge in [-0.15, -0.1) is 0 Å². The lowest BCUT2D eigenvalue weighted by molar-refractivity contribution is -0.165. The minimum atomic E-state index is -0.413. The molecule has 1 aliphatic heterocycles. The fraction of sp³-hybridized carbons (Fsp3) is 0.875. The molecule has 0 bridgehead atoms. The van der Waals surface area contributed by atoms with E-state index in [1.165, 1.54) is 7.11 Å². The predicted octanol–water partition coefficient (Wildman–Crippen LogP) is -0.122. The first kappa shape index (κ1) is 9.48. The lowest BCUT2D eigenvalue weighted by atomic mass is 10.2. The standard InChI is InChI=1S/C8H15NO3/c1-6-4-9(2)5-7(12-6)8(10)11-3/h6-7H,4-5H2,1-3H3/t6-,7-/m0/s1. The molecule has 1 aliphatic rings. The Morgan fingerprint density at radius 3 is 2.75 bits per heavy atom. The van der Waals surface area contributed by atoms with E-state index >= 15 is 0 Å². The average Bonchev–Trinajstić information content (AvgIpc) is 2.01. The van der Waals surface area contributed by atoms with E-state index in [4.69, 9.17) is 4.74 Å². The van der Waals surface area contributed by atoms with Gasteiger partial charge in [0, 0.05) is 13.1 Å². The van der Waals surface area contributed by atoms with Crippen molar-refractivity contribution in [3.05, 3.63) is 0 Å². The van der Waals surface area contributed by atoms with Gasteiger partial charge in [0.2, 0.25) is 0 Å². The SMILES string of the molecule is COC(=O)[C@@H]1CN(C)C[C@H](C)O1. The Balaban J connectivity index is 2.49. The summed E-state index contributed by atoms with van der Waals surface area (Å²) in [5.41, 5.74) is 0. The lowest BCUT2D eigenvalue weighted by Gasteiger charge is -2.32. The van der Waals surface area contributed by atoms with Crippen molar-refractivity contribution in [2.75, 3.05) is 27.2 Å². The van der Waals surface area contributed by atoms with Crippen LogP contribution in [0.15, 0.2) is 0 Å². The number of esters is 1. The van der Waals surface area contributed by atoms with Gasteiger partial charge in [0.05, 0.1) is 13.2 Å². The molecule has 0 aromatic heterocycles. The molecule has 1 rings (SSSR count). The van der Waals surface area contributed by atoms with Gasteiger partial charge in [-0.1, -0.05) is 0 Å². The van der Waals surface area contributed by atoms with Gasteiger partial charge in [0.1, 0.15) is 0 Å². The van der Waals surface area contributed by atoms with E-state index in [9.17, 15) is 4.79 Å². The van der Waals surface area contributed by atoms with Gasteiger partial charge < -0.3 is 14.4 Å². The van der Waals surface area contributed by atoms with E-state index < -0.39 is 6.10 Å². The van der Waals surface area contributed by atoms with E-state index in [0.717, 1.165) is 6.54 Å². The summed E-state index contributed by atoms with van der Waals surface area (Å²) in [4.78, 5) is 13.1. The Morgan fingerprint density at radius 1 is 1.58 bits per heavy atom. The van der Waals surface area contributed by atoms with Crippen LogP contribution in [-0.4, -0.2) is 50.3 Å². The van der Waals surface area contributed by atoms with Crippen LogP contribution >= 0.6 is 0 Å². The third-order valence-electron chi connectivity index (χ3n) is 1.91. The summed E-state index contributed by atoms with van der Waals surface area (Å²) in [6.07, 6.45) is -0.309. The smallest absolute Gasteiger partial charge is 0.336 e. The van der Waals surface area contributed by atoms with Crippen LogP contribution in [0.4, 0.5) is 0 Å². The number of ether oxygens (including phenoxy) is 2. The molecule has 12 heavy (non-hydrogen) atoms. The Morgan fingerprint density at radius 2 is 2.25 bits per heavy atom. The van der Waals surface area contributed by atoms with Gasteiger partial charge in [0.15, 0.2) is 6.10 Å². The number of carbonyl (C=O) groups is 1. The molecule has 1 fully saturated rings. The molecular formula is C8H15NO3. The van der Waals surface area contributed by atoms with Gasteiger partial charge in [-0.2, -0.15) is 0 Å². The second-order valence-corrected chi connectivity index (χ2v) is 3.18. The first-order valence-electron chi connectivity index (χ1n) is 4.05. The van der Waals surface area contributed by atoms with E-state index in [1.807, 2.05) is 14.0 Å². The molecule has 1 saturated heterocycles. The molecule has 70 valence electrons. The summed E-state index contributed by atoms with van der Waals surface area (Å²) in [5, 5.41) is 0. The first-order chi connectivity index (χ1) is 5.63. The van der Waals surface area contributed by atoms with Crippen molar-refractivity contribution in [3.63, 3.8) is 0 Å². The third-order valence-corrected chi connectivity index (χ3v) is 1.91. The van der Waals surface area contributed by atoms with Crippen LogP contribution in [0.2, 0.25) is 0 Å². The third kappa shape index (κ3) is 2.19. The van der Waals surface area contributed by atoms with Crippen LogP contribution in [0.25, 0.3) is 0 Å². The summed E-state index contributed by atoms with van der Waals surface area (Å²) < 4.78 is 9.99. The fourth-order valence-corrected chi connectivity index (χ4v) is 1.42. The van der Waals surface area contributed by atoms with Crippen LogP contribution in [0, 0.1) is 0 Å². The molecular weight excluding hydrogens is 158 g/mol. The average molecular weight is 173 g/mol. The lowest BCUT2D eigenvalue weighted by Crippen LogP contribution is -2.48. The van der Waals surface area contributed by atoms with Crippen molar-refractivity contribution in [2.45, 2.75) is 19.1 Å². The molecule has 0 unspecified atom stereocenters. The minimum Gasteiger partial charge on any atom is -0.467 e. The maximum Gasteiger partial charge on any atom is 0.336 e. The van der Waals surface area contributed by atoms with E-state index in [-0.39, 0.29) is 12.1 Å². The molecule has 0 aliphatic carbocycles. The van der Waals surface area contributed by atoms with Crippen molar-refractivity contribution in [1.82, 2.24) is 4.90 Å². The molecule has 0 aromatic carbocycles. The number of likely N-dealkylation sites (N-methyl/N-ethyl adjacent to an activating group) is 1. The molecule has 0 aromatic rings. The van der Waals surface area contributed by atoms with Crippen molar-refractivity contribution >= 4 is 5.97 Å². The zero-order valence-electron chi connectivity index (χ0n) is 7.74. The zero-order chi connectivity index (χ0) is 9.14. The van der Waals surface area contributed by atoms with Gasteiger partial charge in [-0.3, -0.25) is 0 Å². The van der Waals surface area contributed by atoms with E-state index in [0.29, 0.717) is 6.54 Å². The molecule has 0 N–H and O–H groups in total. The van der Waals surface area contributed by atoms with Crippen molar-refractivity contribution in [1.29, 1.82) is 0 Å². The summed E-state index contributed by atoms with van der Waals surface area (Å²) in [6.45, 7) is 3.44. The molecule has 4 heteroatoms. The largest absolute Gasteiger partial charge is 0.467 e. The number of morpholine rings is 1. The van der Waals surface area contributed by atoms with Gasteiger partial charge in [-0.25, -0.2) is 4.79 Å². The Kier molecular flexibility index (Phi) is 3.05. The molecule has 4 nitrogen and oxygen atoms in total. The quantitative estimate of drug-likeness (QED) is 0.518. The number of methoxy groups -OCH3 is 1. The van der Waals surface area contributed by atoms with Crippen molar-refractivity contribution in [3.8, 4) is 0 Å². The minimum absolute atomic E-state index is 0.104. The van der Waals surface area contributed by atoms with Gasteiger partial charge in [0.25, 0.3) is 0 Å². The summed E-state index contributed by atoms with van der Waals surface area (Å²) in [6, 6.07) is 0. The number of carbonyl (C=O) groups excluding carboxylic acids is 1. The topological polar surface area (TPSA) is 38.8 Å². The maximum absolute atomic E-state index is 11.1. The van der Waals surface area contributed by atoms with Crippen LogP contribution in [0.5, 0.6) is 0 Å². The number of rotatable bonds is 1. The molecule has 0 radical (unpaired) electrons. The van der Waals surface area contributed by atoms with Gasteiger partial charge >= 0.3 is 5.97 Å². The second-order valence-electron chi connectivity index (χ2n) is 3.18. The fourth-order valence-electron chi connectivity index (χ4n) is 1.42. The second kappa shape index (κ2) is 3.87. The van der Waals surface area contributed by atoms with Crippen molar-refractivity contribution in [2.24, 2.45) is 0 Å². The maximum atomic E-state index is 11.1. The monoisotopic (exact) mass is 173 g/mol. The Bertz CT molecular complexity index is 162. The number of nitrogens with zero attached hydrogens (tertiary/aromatic N) is 1. The first-order valence-corrected chi connectivity index (χ1v) is 4.05. The Hall–Kier alpha value is -0.610. The van der Waals surface area contributed by atoms with Gasteiger partial charge in [-0.05, 0) is 14.0 Å².